The van der Waals surface area contributed by atoms with Crippen LogP contribution in [0.3, 0.4) is 0 Å². The average molecular weight is 519 g/mol. The Labute approximate surface area is 211 Å². The number of methoxy groups -OCH3 is 1. The lowest BCUT2D eigenvalue weighted by molar-refractivity contribution is -0.146. The second-order valence-corrected chi connectivity index (χ2v) is 8.71. The SMILES string of the molecule is CCOC(=O)CN1C(=O)S/C(=C/c2cc(Cl)c(OCC(=O)Nc3ccc(C)cc3)c(OC)c2)C1=O. The average Bonchev–Trinajstić information content (AvgIpc) is 3.07. The summed E-state index contributed by atoms with van der Waals surface area (Å²) in [5.74, 6) is -1.28. The number of nitrogens with one attached hydrogen (secondary N) is 1. The molecule has 35 heavy (non-hydrogen) atoms. The Morgan fingerprint density at radius 1 is 1.17 bits per heavy atom. The molecule has 1 fully saturated rings. The van der Waals surface area contributed by atoms with Crippen molar-refractivity contribution in [3.05, 3.63) is 57.5 Å². The summed E-state index contributed by atoms with van der Waals surface area (Å²) in [6.45, 7) is 2.95. The molecule has 0 atom stereocenters. The van der Waals surface area contributed by atoms with Crippen LogP contribution in [0.15, 0.2) is 41.3 Å². The zero-order valence-corrected chi connectivity index (χ0v) is 20.8. The van der Waals surface area contributed by atoms with Crippen LogP contribution in [-0.2, 0) is 19.1 Å². The van der Waals surface area contributed by atoms with Crippen LogP contribution in [0.2, 0.25) is 5.02 Å². The van der Waals surface area contributed by atoms with Gasteiger partial charge in [-0.1, -0.05) is 29.3 Å². The molecule has 0 spiro atoms. The first-order chi connectivity index (χ1) is 16.7. The molecule has 3 rings (SSSR count). The van der Waals surface area contributed by atoms with Crippen LogP contribution in [0.1, 0.15) is 18.1 Å². The molecule has 1 N–H and O–H groups in total. The second-order valence-electron chi connectivity index (χ2n) is 7.31. The Balaban J connectivity index is 1.71. The molecule has 0 aliphatic carbocycles. The molecule has 1 saturated heterocycles. The third kappa shape index (κ3) is 6.77. The molecular weight excluding hydrogens is 496 g/mol. The summed E-state index contributed by atoms with van der Waals surface area (Å²) in [6, 6.07) is 10.4. The summed E-state index contributed by atoms with van der Waals surface area (Å²) in [6.07, 6.45) is 1.46. The highest BCUT2D eigenvalue weighted by molar-refractivity contribution is 8.18. The van der Waals surface area contributed by atoms with Crippen molar-refractivity contribution in [3.8, 4) is 11.5 Å². The first-order valence-electron chi connectivity index (χ1n) is 10.5. The maximum Gasteiger partial charge on any atom is 0.326 e. The van der Waals surface area contributed by atoms with E-state index < -0.39 is 23.7 Å². The number of ether oxygens (including phenoxy) is 3. The summed E-state index contributed by atoms with van der Waals surface area (Å²) in [5, 5.41) is 2.29. The highest BCUT2D eigenvalue weighted by Crippen LogP contribution is 2.39. The number of nitrogens with zero attached hydrogens (tertiary/aromatic N) is 1. The minimum Gasteiger partial charge on any atom is -0.493 e. The van der Waals surface area contributed by atoms with Crippen molar-refractivity contribution in [2.45, 2.75) is 13.8 Å². The van der Waals surface area contributed by atoms with Gasteiger partial charge in [0.25, 0.3) is 17.1 Å². The van der Waals surface area contributed by atoms with E-state index in [2.05, 4.69) is 5.32 Å². The fourth-order valence-electron chi connectivity index (χ4n) is 3.06. The van der Waals surface area contributed by atoms with Gasteiger partial charge in [0.2, 0.25) is 0 Å². The Morgan fingerprint density at radius 3 is 2.54 bits per heavy atom. The van der Waals surface area contributed by atoms with E-state index in [4.69, 9.17) is 25.8 Å². The van der Waals surface area contributed by atoms with Crippen molar-refractivity contribution in [3.63, 3.8) is 0 Å². The van der Waals surface area contributed by atoms with E-state index in [1.54, 1.807) is 25.1 Å². The van der Waals surface area contributed by atoms with Crippen LogP contribution in [0.5, 0.6) is 11.5 Å². The van der Waals surface area contributed by atoms with Gasteiger partial charge in [0, 0.05) is 5.69 Å². The zero-order chi connectivity index (χ0) is 25.5. The molecule has 0 radical (unpaired) electrons. The Bertz CT molecular complexity index is 1180. The third-order valence-corrected chi connectivity index (χ3v) is 5.89. The molecule has 1 aliphatic rings. The summed E-state index contributed by atoms with van der Waals surface area (Å²) in [4.78, 5) is 49.6. The number of anilines is 1. The summed E-state index contributed by atoms with van der Waals surface area (Å²) in [7, 11) is 1.40. The summed E-state index contributed by atoms with van der Waals surface area (Å²) < 4.78 is 15.7. The number of imide groups is 1. The first kappa shape index (κ1) is 26.1. The van der Waals surface area contributed by atoms with Crippen molar-refractivity contribution in [2.24, 2.45) is 0 Å². The normalized spacial score (nSPS) is 14.3. The van der Waals surface area contributed by atoms with Crippen LogP contribution in [0, 0.1) is 6.92 Å². The van der Waals surface area contributed by atoms with Gasteiger partial charge in [-0.25, -0.2) is 0 Å². The molecule has 0 unspecified atom stereocenters. The minimum absolute atomic E-state index is 0.114. The quantitative estimate of drug-likeness (QED) is 0.387. The summed E-state index contributed by atoms with van der Waals surface area (Å²) in [5.41, 5.74) is 2.17. The van der Waals surface area contributed by atoms with Gasteiger partial charge in [-0.05, 0) is 61.5 Å². The monoisotopic (exact) mass is 518 g/mol. The number of carbonyl (C=O) groups is 4. The molecule has 2 aromatic rings. The van der Waals surface area contributed by atoms with E-state index in [1.807, 2.05) is 19.1 Å². The van der Waals surface area contributed by atoms with Gasteiger partial charge in [-0.15, -0.1) is 0 Å². The van der Waals surface area contributed by atoms with Gasteiger partial charge in [-0.3, -0.25) is 24.1 Å². The minimum atomic E-state index is -0.673. The lowest BCUT2D eigenvalue weighted by Gasteiger charge is -2.14. The highest BCUT2D eigenvalue weighted by Gasteiger charge is 2.36. The third-order valence-electron chi connectivity index (χ3n) is 4.70. The molecule has 0 aromatic heterocycles. The number of thioether (sulfide) groups is 1. The second kappa shape index (κ2) is 11.8. The molecule has 0 saturated carbocycles. The predicted octanol–water partition coefficient (Wildman–Crippen LogP) is 4.27. The number of hydrogen-bond donors (Lipinski definition) is 1. The molecule has 1 aliphatic heterocycles. The fourth-order valence-corrected chi connectivity index (χ4v) is 4.17. The number of halogens is 1. The number of carbonyl (C=O) groups excluding carboxylic acids is 4. The molecule has 9 nitrogen and oxygen atoms in total. The molecule has 3 amide bonds. The number of esters is 1. The van der Waals surface area contributed by atoms with Crippen LogP contribution in [0.4, 0.5) is 10.5 Å². The standard InChI is InChI=1S/C24H23ClN2O7S/c1-4-33-21(29)12-27-23(30)19(35-24(27)31)11-15-9-17(25)22(18(10-15)32-3)34-13-20(28)26-16-7-5-14(2)6-8-16/h5-11H,4,12-13H2,1-3H3,(H,26,28)/b19-11+. The first-order valence-corrected chi connectivity index (χ1v) is 11.7. The van der Waals surface area contributed by atoms with E-state index in [-0.39, 0.29) is 40.5 Å². The summed E-state index contributed by atoms with van der Waals surface area (Å²) >= 11 is 7.06. The molecule has 0 bridgehead atoms. The van der Waals surface area contributed by atoms with Crippen LogP contribution in [0.25, 0.3) is 6.08 Å². The molecule has 2 aromatic carbocycles. The van der Waals surface area contributed by atoms with Crippen molar-refractivity contribution in [2.75, 3.05) is 32.2 Å². The number of amides is 3. The van der Waals surface area contributed by atoms with E-state index >= 15 is 0 Å². The van der Waals surface area contributed by atoms with E-state index in [0.717, 1.165) is 10.5 Å². The number of benzene rings is 2. The van der Waals surface area contributed by atoms with Gasteiger partial charge in [0.1, 0.15) is 6.54 Å². The van der Waals surface area contributed by atoms with Gasteiger partial charge in [0.15, 0.2) is 18.1 Å². The number of hydrogen-bond acceptors (Lipinski definition) is 8. The van der Waals surface area contributed by atoms with E-state index in [1.165, 1.54) is 19.3 Å². The number of aryl methyl sites for hydroxylation is 1. The Kier molecular flexibility index (Phi) is 8.78. The lowest BCUT2D eigenvalue weighted by Crippen LogP contribution is -2.34. The van der Waals surface area contributed by atoms with Crippen LogP contribution < -0.4 is 14.8 Å². The Morgan fingerprint density at radius 2 is 1.89 bits per heavy atom. The highest BCUT2D eigenvalue weighted by atomic mass is 35.5. The molecule has 11 heteroatoms. The maximum atomic E-state index is 12.6. The topological polar surface area (TPSA) is 111 Å². The molecule has 1 heterocycles. The zero-order valence-electron chi connectivity index (χ0n) is 19.3. The van der Waals surface area contributed by atoms with Crippen LogP contribution in [-0.4, -0.2) is 54.8 Å². The van der Waals surface area contributed by atoms with Crippen LogP contribution >= 0.6 is 23.4 Å². The largest absolute Gasteiger partial charge is 0.493 e. The molecular formula is C24H23ClN2O7S. The lowest BCUT2D eigenvalue weighted by atomic mass is 10.1. The Hall–Kier alpha value is -3.50. The van der Waals surface area contributed by atoms with Crippen molar-refractivity contribution >= 4 is 58.1 Å². The van der Waals surface area contributed by atoms with Gasteiger partial charge in [-0.2, -0.15) is 0 Å². The number of rotatable bonds is 9. The smallest absolute Gasteiger partial charge is 0.326 e. The van der Waals surface area contributed by atoms with Crippen molar-refractivity contribution in [1.82, 2.24) is 4.90 Å². The van der Waals surface area contributed by atoms with Crippen molar-refractivity contribution < 1.29 is 33.4 Å². The van der Waals surface area contributed by atoms with Crippen molar-refractivity contribution in [1.29, 1.82) is 0 Å². The predicted molar refractivity (Wildman–Crippen MR) is 133 cm³/mol. The molecule has 184 valence electrons. The van der Waals surface area contributed by atoms with Gasteiger partial charge in [0.05, 0.1) is 23.6 Å². The van der Waals surface area contributed by atoms with Gasteiger partial charge < -0.3 is 19.5 Å². The van der Waals surface area contributed by atoms with Gasteiger partial charge >= 0.3 is 5.97 Å². The van der Waals surface area contributed by atoms with E-state index in [9.17, 15) is 19.2 Å². The fraction of sp³-hybridized carbons (Fsp3) is 0.250. The maximum absolute atomic E-state index is 12.6. The van der Waals surface area contributed by atoms with E-state index in [0.29, 0.717) is 23.0 Å².